The molecule has 1 aromatic heterocycles. The summed E-state index contributed by atoms with van der Waals surface area (Å²) in [6.45, 7) is 4.33. The second kappa shape index (κ2) is 6.84. The van der Waals surface area contributed by atoms with Crippen LogP contribution in [0.1, 0.15) is 44.9 Å². The molecule has 7 heteroatoms. The molecular formula is C19H25N5O2. The number of carbonyl (C=O) groups is 1. The van der Waals surface area contributed by atoms with Crippen LogP contribution in [0.3, 0.4) is 0 Å². The molecule has 2 heterocycles. The van der Waals surface area contributed by atoms with Crippen molar-refractivity contribution in [3.8, 4) is 6.07 Å². The topological polar surface area (TPSA) is 91.1 Å². The monoisotopic (exact) mass is 355 g/mol. The summed E-state index contributed by atoms with van der Waals surface area (Å²) in [5.41, 5.74) is -0.176. The number of amides is 1. The zero-order valence-corrected chi connectivity index (χ0v) is 15.1. The van der Waals surface area contributed by atoms with Crippen LogP contribution in [-0.4, -0.2) is 47.2 Å². The van der Waals surface area contributed by atoms with E-state index >= 15 is 0 Å². The Hall–Kier alpha value is -2.20. The van der Waals surface area contributed by atoms with Crippen molar-refractivity contribution in [1.82, 2.24) is 15.3 Å². The van der Waals surface area contributed by atoms with Gasteiger partial charge in [0, 0.05) is 31.2 Å². The van der Waals surface area contributed by atoms with Crippen LogP contribution in [0.2, 0.25) is 0 Å². The van der Waals surface area contributed by atoms with E-state index in [-0.39, 0.29) is 29.3 Å². The molecule has 0 bridgehead atoms. The van der Waals surface area contributed by atoms with Crippen LogP contribution in [-0.2, 0) is 9.53 Å². The van der Waals surface area contributed by atoms with Crippen molar-refractivity contribution >= 4 is 11.7 Å². The molecule has 1 aliphatic heterocycles. The first-order chi connectivity index (χ1) is 12.6. The van der Waals surface area contributed by atoms with Crippen LogP contribution >= 0.6 is 0 Å². The lowest BCUT2D eigenvalue weighted by Crippen LogP contribution is -2.55. The molecule has 3 aliphatic rings. The van der Waals surface area contributed by atoms with Gasteiger partial charge in [-0.3, -0.25) is 4.79 Å². The van der Waals surface area contributed by atoms with Crippen LogP contribution in [0.15, 0.2) is 12.3 Å². The fraction of sp³-hybridized carbons (Fsp3) is 0.684. The summed E-state index contributed by atoms with van der Waals surface area (Å²) in [6.07, 6.45) is 6.44. The van der Waals surface area contributed by atoms with Gasteiger partial charge in [-0.25, -0.2) is 9.97 Å². The van der Waals surface area contributed by atoms with E-state index < -0.39 is 0 Å². The highest BCUT2D eigenvalue weighted by Gasteiger charge is 2.43. The smallest absolute Gasteiger partial charge is 0.234 e. The summed E-state index contributed by atoms with van der Waals surface area (Å²) < 4.78 is 6.18. The maximum absolute atomic E-state index is 12.2. The van der Waals surface area contributed by atoms with E-state index in [2.05, 4.69) is 27.1 Å². The van der Waals surface area contributed by atoms with Gasteiger partial charge < -0.3 is 15.0 Å². The molecule has 1 amide bonds. The molecule has 2 atom stereocenters. The number of ether oxygens (including phenoxy) is 1. The molecule has 1 spiro atoms. The molecule has 2 saturated carbocycles. The average Bonchev–Trinajstić information content (AvgIpc) is 3.41. The predicted molar refractivity (Wildman–Crippen MR) is 95.3 cm³/mol. The molecule has 7 nitrogen and oxygen atoms in total. The molecule has 26 heavy (non-hydrogen) atoms. The summed E-state index contributed by atoms with van der Waals surface area (Å²) in [7, 11) is 0. The molecule has 138 valence electrons. The zero-order chi connectivity index (χ0) is 18.1. The summed E-state index contributed by atoms with van der Waals surface area (Å²) in [5.74, 6) is 2.00. The van der Waals surface area contributed by atoms with Crippen LogP contribution < -0.4 is 10.2 Å². The van der Waals surface area contributed by atoms with Crippen molar-refractivity contribution in [3.63, 3.8) is 0 Å². The molecular weight excluding hydrogens is 330 g/mol. The molecule has 1 aromatic rings. The van der Waals surface area contributed by atoms with E-state index in [0.29, 0.717) is 12.5 Å². The van der Waals surface area contributed by atoms with Crippen molar-refractivity contribution in [2.75, 3.05) is 24.6 Å². The van der Waals surface area contributed by atoms with Gasteiger partial charge in [-0.15, -0.1) is 0 Å². The van der Waals surface area contributed by atoms with Gasteiger partial charge in [0.05, 0.1) is 12.2 Å². The molecule has 0 aromatic carbocycles. The maximum atomic E-state index is 12.2. The molecule has 2 aliphatic carbocycles. The summed E-state index contributed by atoms with van der Waals surface area (Å²) in [5, 5.41) is 12.2. The fourth-order valence-electron chi connectivity index (χ4n) is 4.21. The van der Waals surface area contributed by atoms with Gasteiger partial charge in [0.15, 0.2) is 0 Å². The third kappa shape index (κ3) is 3.51. The Morgan fingerprint density at radius 1 is 1.46 bits per heavy atom. The lowest BCUT2D eigenvalue weighted by Gasteiger charge is -2.46. The molecule has 1 saturated heterocycles. The molecule has 0 unspecified atom stereocenters. The van der Waals surface area contributed by atoms with E-state index in [4.69, 9.17) is 10.00 Å². The second-order valence-corrected chi connectivity index (χ2v) is 7.91. The highest BCUT2D eigenvalue weighted by molar-refractivity contribution is 5.81. The zero-order valence-electron chi connectivity index (χ0n) is 15.1. The van der Waals surface area contributed by atoms with Gasteiger partial charge in [0.25, 0.3) is 0 Å². The minimum atomic E-state index is -0.176. The van der Waals surface area contributed by atoms with E-state index in [1.165, 1.54) is 0 Å². The van der Waals surface area contributed by atoms with E-state index in [1.807, 2.05) is 12.1 Å². The number of hydrogen-bond acceptors (Lipinski definition) is 6. The largest absolute Gasteiger partial charge is 0.371 e. The number of rotatable bonds is 3. The molecule has 1 N–H and O–H groups in total. The van der Waals surface area contributed by atoms with Crippen molar-refractivity contribution in [3.05, 3.63) is 18.1 Å². The third-order valence-electron chi connectivity index (χ3n) is 6.00. The fourth-order valence-corrected chi connectivity index (χ4v) is 4.21. The number of carbonyl (C=O) groups excluding carboxylic acids is 1. The SMILES string of the molecule is C[C@@H]1C[C@H]1C(=O)NC1CCC2(CC1)CN(c1ccnc(C#N)n1)CCO2. The minimum Gasteiger partial charge on any atom is -0.371 e. The standard InChI is InChI=1S/C19H25N5O2/c1-13-10-15(13)18(25)22-14-2-5-19(6-3-14)12-24(8-9-26-19)17-4-7-21-16(11-20)23-17/h4,7,13-15H,2-3,5-6,8-10,12H2,1H3,(H,22,25)/t13-,14?,15-,19?/m1/s1. The van der Waals surface area contributed by atoms with Crippen molar-refractivity contribution < 1.29 is 9.53 Å². The Balaban J connectivity index is 1.35. The molecule has 4 rings (SSSR count). The number of aromatic nitrogens is 2. The van der Waals surface area contributed by atoms with Crippen molar-refractivity contribution in [2.45, 2.75) is 50.7 Å². The number of morpholine rings is 1. The van der Waals surface area contributed by atoms with Gasteiger partial charge in [-0.1, -0.05) is 6.92 Å². The van der Waals surface area contributed by atoms with Gasteiger partial charge in [0.2, 0.25) is 11.7 Å². The molecule has 3 fully saturated rings. The van der Waals surface area contributed by atoms with E-state index in [0.717, 1.165) is 51.0 Å². The van der Waals surface area contributed by atoms with Gasteiger partial charge in [0.1, 0.15) is 11.9 Å². The number of nitrogens with one attached hydrogen (secondary N) is 1. The normalized spacial score (nSPS) is 33.5. The first-order valence-corrected chi connectivity index (χ1v) is 9.51. The Kier molecular flexibility index (Phi) is 4.53. The first kappa shape index (κ1) is 17.2. The van der Waals surface area contributed by atoms with Crippen LogP contribution in [0.4, 0.5) is 5.82 Å². The third-order valence-corrected chi connectivity index (χ3v) is 6.00. The van der Waals surface area contributed by atoms with Gasteiger partial charge >= 0.3 is 0 Å². The highest BCUT2D eigenvalue weighted by Crippen LogP contribution is 2.39. The number of nitrogens with zero attached hydrogens (tertiary/aromatic N) is 4. The number of anilines is 1. The first-order valence-electron chi connectivity index (χ1n) is 9.51. The van der Waals surface area contributed by atoms with E-state index in [9.17, 15) is 4.79 Å². The second-order valence-electron chi connectivity index (χ2n) is 7.91. The maximum Gasteiger partial charge on any atom is 0.234 e. The average molecular weight is 355 g/mol. The lowest BCUT2D eigenvalue weighted by molar-refractivity contribution is -0.124. The Morgan fingerprint density at radius 3 is 2.92 bits per heavy atom. The highest BCUT2D eigenvalue weighted by atomic mass is 16.5. The lowest BCUT2D eigenvalue weighted by atomic mass is 9.80. The van der Waals surface area contributed by atoms with Crippen LogP contribution in [0.25, 0.3) is 0 Å². The Morgan fingerprint density at radius 2 is 2.23 bits per heavy atom. The minimum absolute atomic E-state index is 0.176. The Labute approximate surface area is 153 Å². The van der Waals surface area contributed by atoms with Crippen molar-refractivity contribution in [1.29, 1.82) is 5.26 Å². The number of hydrogen-bond donors (Lipinski definition) is 1. The summed E-state index contributed by atoms with van der Waals surface area (Å²) >= 11 is 0. The summed E-state index contributed by atoms with van der Waals surface area (Å²) in [4.78, 5) is 22.6. The Bertz CT molecular complexity index is 723. The summed E-state index contributed by atoms with van der Waals surface area (Å²) in [6, 6.07) is 4.12. The number of nitriles is 1. The van der Waals surface area contributed by atoms with E-state index in [1.54, 1.807) is 6.20 Å². The van der Waals surface area contributed by atoms with Gasteiger partial charge in [-0.05, 0) is 44.1 Å². The van der Waals surface area contributed by atoms with Crippen LogP contribution in [0.5, 0.6) is 0 Å². The molecule has 0 radical (unpaired) electrons. The van der Waals surface area contributed by atoms with Gasteiger partial charge in [-0.2, -0.15) is 5.26 Å². The van der Waals surface area contributed by atoms with Crippen LogP contribution in [0, 0.1) is 23.2 Å². The predicted octanol–water partition coefficient (Wildman–Crippen LogP) is 1.64. The quantitative estimate of drug-likeness (QED) is 0.886. The van der Waals surface area contributed by atoms with Crippen molar-refractivity contribution in [2.24, 2.45) is 11.8 Å².